The van der Waals surface area contributed by atoms with E-state index >= 15 is 0 Å². The van der Waals surface area contributed by atoms with Gasteiger partial charge in [0.1, 0.15) is 0 Å². The summed E-state index contributed by atoms with van der Waals surface area (Å²) in [6, 6.07) is 6.48. The first-order chi connectivity index (χ1) is 7.56. The maximum atomic E-state index is 11.1. The normalized spacial score (nSPS) is 20.1. The molecule has 1 fully saturated rings. The fraction of sp³-hybridized carbons (Fsp3) is 0.462. The van der Waals surface area contributed by atoms with E-state index in [1.807, 2.05) is 0 Å². The molecule has 16 heavy (non-hydrogen) atoms. The molecule has 1 amide bonds. The molecule has 1 aromatic carbocycles. The minimum absolute atomic E-state index is 0.0146. The van der Waals surface area contributed by atoms with E-state index < -0.39 is 0 Å². The minimum Gasteiger partial charge on any atom is -0.371 e. The fourth-order valence-corrected chi connectivity index (χ4v) is 2.36. The van der Waals surface area contributed by atoms with E-state index in [0.717, 1.165) is 19.5 Å². The van der Waals surface area contributed by atoms with Crippen molar-refractivity contribution in [3.63, 3.8) is 0 Å². The van der Waals surface area contributed by atoms with Gasteiger partial charge in [0.15, 0.2) is 0 Å². The Morgan fingerprint density at radius 2 is 1.94 bits per heavy atom. The summed E-state index contributed by atoms with van der Waals surface area (Å²) < 4.78 is 0. The highest BCUT2D eigenvalue weighted by Crippen LogP contribution is 2.25. The zero-order valence-electron chi connectivity index (χ0n) is 9.86. The molecule has 1 unspecified atom stereocenters. The molecular formula is C13H18N2O. The molecule has 0 radical (unpaired) electrons. The minimum atomic E-state index is -0.174. The van der Waals surface area contributed by atoms with Gasteiger partial charge in [-0.05, 0) is 43.5 Å². The zero-order valence-corrected chi connectivity index (χ0v) is 9.86. The van der Waals surface area contributed by atoms with Crippen molar-refractivity contribution < 1.29 is 4.79 Å². The molecule has 86 valence electrons. The number of benzene rings is 1. The number of anilines is 1. The predicted octanol–water partition coefficient (Wildman–Crippen LogP) is 1.62. The molecule has 3 heteroatoms. The van der Waals surface area contributed by atoms with Crippen LogP contribution in [0, 0.1) is 19.8 Å². The molecule has 1 aromatic rings. The van der Waals surface area contributed by atoms with Gasteiger partial charge in [0.2, 0.25) is 5.91 Å². The Labute approximate surface area is 96.2 Å². The summed E-state index contributed by atoms with van der Waals surface area (Å²) in [4.78, 5) is 13.4. The smallest absolute Gasteiger partial charge is 0.222 e. The molecule has 0 saturated carbocycles. The molecule has 0 spiro atoms. The van der Waals surface area contributed by atoms with Crippen molar-refractivity contribution in [1.82, 2.24) is 0 Å². The van der Waals surface area contributed by atoms with Gasteiger partial charge < -0.3 is 10.6 Å². The number of rotatable bonds is 2. The maximum Gasteiger partial charge on any atom is 0.222 e. The summed E-state index contributed by atoms with van der Waals surface area (Å²) in [6.45, 7) is 5.88. The van der Waals surface area contributed by atoms with Gasteiger partial charge in [0, 0.05) is 18.8 Å². The average molecular weight is 218 g/mol. The van der Waals surface area contributed by atoms with E-state index in [1.54, 1.807) is 0 Å². The van der Waals surface area contributed by atoms with Crippen LogP contribution in [0.4, 0.5) is 5.69 Å². The summed E-state index contributed by atoms with van der Waals surface area (Å²) in [7, 11) is 0. The van der Waals surface area contributed by atoms with Crippen LogP contribution in [0.25, 0.3) is 0 Å². The lowest BCUT2D eigenvalue weighted by molar-refractivity contribution is -0.121. The number of primary amides is 1. The number of amides is 1. The molecule has 2 rings (SSSR count). The topological polar surface area (TPSA) is 46.3 Å². The summed E-state index contributed by atoms with van der Waals surface area (Å²) in [6.07, 6.45) is 0.877. The van der Waals surface area contributed by atoms with Crippen molar-refractivity contribution in [3.05, 3.63) is 29.3 Å². The van der Waals surface area contributed by atoms with Crippen LogP contribution in [0.3, 0.4) is 0 Å². The van der Waals surface area contributed by atoms with Crippen LogP contribution in [-0.2, 0) is 4.79 Å². The molecule has 0 aliphatic carbocycles. The monoisotopic (exact) mass is 218 g/mol. The van der Waals surface area contributed by atoms with Crippen LogP contribution in [0.15, 0.2) is 18.2 Å². The summed E-state index contributed by atoms with van der Waals surface area (Å²) in [5.74, 6) is -0.160. The third-order valence-corrected chi connectivity index (χ3v) is 3.16. The summed E-state index contributed by atoms with van der Waals surface area (Å²) >= 11 is 0. The Kier molecular flexibility index (Phi) is 2.86. The zero-order chi connectivity index (χ0) is 11.7. The third kappa shape index (κ3) is 2.18. The second-order valence-electron chi connectivity index (χ2n) is 4.68. The molecule has 1 aliphatic heterocycles. The van der Waals surface area contributed by atoms with Crippen molar-refractivity contribution in [3.8, 4) is 0 Å². The molecule has 1 saturated heterocycles. The largest absolute Gasteiger partial charge is 0.371 e. The van der Waals surface area contributed by atoms with Crippen LogP contribution in [0.2, 0.25) is 0 Å². The predicted molar refractivity (Wildman–Crippen MR) is 65.4 cm³/mol. The fourth-order valence-electron chi connectivity index (χ4n) is 2.36. The standard InChI is InChI=1S/C13H18N2O/c1-9-5-10(2)7-12(6-9)15-4-3-11(8-15)13(14)16/h5-7,11H,3-4,8H2,1-2H3,(H2,14,16). The SMILES string of the molecule is Cc1cc(C)cc(N2CCC(C(N)=O)C2)c1. The third-order valence-electron chi connectivity index (χ3n) is 3.16. The molecule has 1 heterocycles. The van der Waals surface area contributed by atoms with Crippen molar-refractivity contribution in [1.29, 1.82) is 0 Å². The van der Waals surface area contributed by atoms with Gasteiger partial charge in [-0.1, -0.05) is 6.07 Å². The Balaban J connectivity index is 2.17. The number of nitrogens with zero attached hydrogens (tertiary/aromatic N) is 1. The number of nitrogens with two attached hydrogens (primary N) is 1. The van der Waals surface area contributed by atoms with E-state index in [4.69, 9.17) is 5.73 Å². The molecule has 1 atom stereocenters. The van der Waals surface area contributed by atoms with Crippen LogP contribution in [0.1, 0.15) is 17.5 Å². The lowest BCUT2D eigenvalue weighted by Crippen LogP contribution is -2.27. The van der Waals surface area contributed by atoms with Crippen LogP contribution >= 0.6 is 0 Å². The lowest BCUT2D eigenvalue weighted by Gasteiger charge is -2.19. The molecule has 0 bridgehead atoms. The lowest BCUT2D eigenvalue weighted by atomic mass is 10.1. The van der Waals surface area contributed by atoms with Crippen molar-refractivity contribution in [2.45, 2.75) is 20.3 Å². The number of aryl methyl sites for hydroxylation is 2. The maximum absolute atomic E-state index is 11.1. The molecular weight excluding hydrogens is 200 g/mol. The Hall–Kier alpha value is -1.51. The highest BCUT2D eigenvalue weighted by Gasteiger charge is 2.26. The molecule has 3 nitrogen and oxygen atoms in total. The summed E-state index contributed by atoms with van der Waals surface area (Å²) in [5.41, 5.74) is 9.06. The van der Waals surface area contributed by atoms with Gasteiger partial charge in [-0.3, -0.25) is 4.79 Å². The van der Waals surface area contributed by atoms with Crippen molar-refractivity contribution >= 4 is 11.6 Å². The van der Waals surface area contributed by atoms with E-state index in [1.165, 1.54) is 16.8 Å². The van der Waals surface area contributed by atoms with Gasteiger partial charge in [0.25, 0.3) is 0 Å². The Morgan fingerprint density at radius 3 is 2.44 bits per heavy atom. The highest BCUT2D eigenvalue weighted by atomic mass is 16.1. The van der Waals surface area contributed by atoms with Gasteiger partial charge in [-0.15, -0.1) is 0 Å². The van der Waals surface area contributed by atoms with Crippen LogP contribution in [-0.4, -0.2) is 19.0 Å². The average Bonchev–Trinajstić information content (AvgIpc) is 2.64. The van der Waals surface area contributed by atoms with Crippen LogP contribution in [0.5, 0.6) is 0 Å². The second kappa shape index (κ2) is 4.16. The molecule has 2 N–H and O–H groups in total. The summed E-state index contributed by atoms with van der Waals surface area (Å²) in [5, 5.41) is 0. The van der Waals surface area contributed by atoms with E-state index in [0.29, 0.717) is 0 Å². The van der Waals surface area contributed by atoms with Crippen molar-refractivity contribution in [2.24, 2.45) is 11.7 Å². The Bertz CT molecular complexity index is 394. The Morgan fingerprint density at radius 1 is 1.31 bits per heavy atom. The van der Waals surface area contributed by atoms with E-state index in [9.17, 15) is 4.79 Å². The van der Waals surface area contributed by atoms with Gasteiger partial charge in [0.05, 0.1) is 5.92 Å². The first kappa shape index (κ1) is 11.0. The van der Waals surface area contributed by atoms with Crippen molar-refractivity contribution in [2.75, 3.05) is 18.0 Å². The second-order valence-corrected chi connectivity index (χ2v) is 4.68. The van der Waals surface area contributed by atoms with E-state index in [2.05, 4.69) is 36.9 Å². The molecule has 1 aliphatic rings. The van der Waals surface area contributed by atoms with Crippen LogP contribution < -0.4 is 10.6 Å². The van der Waals surface area contributed by atoms with E-state index in [-0.39, 0.29) is 11.8 Å². The number of hydrogen-bond acceptors (Lipinski definition) is 2. The number of hydrogen-bond donors (Lipinski definition) is 1. The molecule has 0 aromatic heterocycles. The first-order valence-electron chi connectivity index (χ1n) is 5.69. The number of carbonyl (C=O) groups is 1. The quantitative estimate of drug-likeness (QED) is 0.819. The first-order valence-corrected chi connectivity index (χ1v) is 5.69. The van der Waals surface area contributed by atoms with Gasteiger partial charge in [-0.25, -0.2) is 0 Å². The van der Waals surface area contributed by atoms with Gasteiger partial charge >= 0.3 is 0 Å². The number of carbonyl (C=O) groups excluding carboxylic acids is 1. The highest BCUT2D eigenvalue weighted by molar-refractivity contribution is 5.78. The van der Waals surface area contributed by atoms with Gasteiger partial charge in [-0.2, -0.15) is 0 Å².